The van der Waals surface area contributed by atoms with Gasteiger partial charge in [-0.15, -0.1) is 10.2 Å². The van der Waals surface area contributed by atoms with Crippen LogP contribution >= 0.6 is 0 Å². The predicted octanol–water partition coefficient (Wildman–Crippen LogP) is 1.60. The molecule has 0 saturated carbocycles. The predicted molar refractivity (Wildman–Crippen MR) is 59.0 cm³/mol. The average molecular weight is 206 g/mol. The standard InChI is InChI=1S/C11H18N4/c1-3-7-14(8-4-1)11-13-12-10-6-2-5-9-15(10)11/h1-9H2. The van der Waals surface area contributed by atoms with Crippen LogP contribution in [0.3, 0.4) is 0 Å². The molecule has 4 nitrogen and oxygen atoms in total. The molecule has 4 heteroatoms. The number of rotatable bonds is 1. The van der Waals surface area contributed by atoms with Crippen LogP contribution < -0.4 is 4.90 Å². The Morgan fingerprint density at radius 2 is 1.60 bits per heavy atom. The highest BCUT2D eigenvalue weighted by molar-refractivity contribution is 5.32. The van der Waals surface area contributed by atoms with E-state index in [0.717, 1.165) is 32.0 Å². The van der Waals surface area contributed by atoms with Gasteiger partial charge in [0.05, 0.1) is 0 Å². The maximum Gasteiger partial charge on any atom is 0.227 e. The second-order valence-corrected chi connectivity index (χ2v) is 4.57. The second-order valence-electron chi connectivity index (χ2n) is 4.57. The summed E-state index contributed by atoms with van der Waals surface area (Å²) in [5, 5.41) is 8.66. The van der Waals surface area contributed by atoms with Crippen molar-refractivity contribution in [2.45, 2.75) is 45.1 Å². The molecule has 82 valence electrons. The smallest absolute Gasteiger partial charge is 0.227 e. The molecular formula is C11H18N4. The molecule has 1 saturated heterocycles. The lowest BCUT2D eigenvalue weighted by atomic mass is 10.1. The monoisotopic (exact) mass is 206 g/mol. The van der Waals surface area contributed by atoms with Crippen molar-refractivity contribution in [1.82, 2.24) is 14.8 Å². The number of anilines is 1. The van der Waals surface area contributed by atoms with Crippen molar-refractivity contribution >= 4 is 5.95 Å². The molecule has 0 N–H and O–H groups in total. The van der Waals surface area contributed by atoms with Crippen molar-refractivity contribution in [2.24, 2.45) is 0 Å². The van der Waals surface area contributed by atoms with Crippen LogP contribution in [0.25, 0.3) is 0 Å². The maximum atomic E-state index is 4.36. The van der Waals surface area contributed by atoms with Crippen LogP contribution in [0.2, 0.25) is 0 Å². The van der Waals surface area contributed by atoms with E-state index >= 15 is 0 Å². The summed E-state index contributed by atoms with van der Waals surface area (Å²) in [5.74, 6) is 2.33. The van der Waals surface area contributed by atoms with Gasteiger partial charge in [0, 0.05) is 26.1 Å². The summed E-state index contributed by atoms with van der Waals surface area (Å²) >= 11 is 0. The average Bonchev–Trinajstić information content (AvgIpc) is 2.74. The van der Waals surface area contributed by atoms with Gasteiger partial charge in [-0.1, -0.05) is 0 Å². The lowest BCUT2D eigenvalue weighted by molar-refractivity contribution is 0.503. The van der Waals surface area contributed by atoms with Crippen molar-refractivity contribution in [3.63, 3.8) is 0 Å². The van der Waals surface area contributed by atoms with Crippen LogP contribution in [-0.4, -0.2) is 27.9 Å². The molecule has 3 heterocycles. The summed E-state index contributed by atoms with van der Waals surface area (Å²) < 4.78 is 2.33. The topological polar surface area (TPSA) is 34.0 Å². The minimum Gasteiger partial charge on any atom is -0.341 e. The SMILES string of the molecule is C1CCN(c2nnc3n2CCCC3)CC1. The molecule has 0 amide bonds. The van der Waals surface area contributed by atoms with E-state index in [1.54, 1.807) is 0 Å². The van der Waals surface area contributed by atoms with Crippen LogP contribution in [0, 0.1) is 0 Å². The zero-order valence-corrected chi connectivity index (χ0v) is 9.15. The Balaban J connectivity index is 1.87. The van der Waals surface area contributed by atoms with Crippen LogP contribution in [0.5, 0.6) is 0 Å². The molecule has 0 unspecified atom stereocenters. The minimum absolute atomic E-state index is 1.11. The molecular weight excluding hydrogens is 188 g/mol. The fourth-order valence-corrected chi connectivity index (χ4v) is 2.62. The first kappa shape index (κ1) is 9.19. The third-order valence-electron chi connectivity index (χ3n) is 3.48. The van der Waals surface area contributed by atoms with E-state index in [4.69, 9.17) is 0 Å². The zero-order chi connectivity index (χ0) is 10.1. The van der Waals surface area contributed by atoms with E-state index in [2.05, 4.69) is 19.7 Å². The van der Waals surface area contributed by atoms with Crippen molar-refractivity contribution in [2.75, 3.05) is 18.0 Å². The molecule has 2 aliphatic rings. The number of piperidine rings is 1. The molecule has 2 aliphatic heterocycles. The summed E-state index contributed by atoms with van der Waals surface area (Å²) in [6.45, 7) is 3.45. The molecule has 3 rings (SSSR count). The molecule has 1 fully saturated rings. The number of nitrogens with zero attached hydrogens (tertiary/aromatic N) is 4. The lowest BCUT2D eigenvalue weighted by Gasteiger charge is -2.28. The highest BCUT2D eigenvalue weighted by Gasteiger charge is 2.21. The summed E-state index contributed by atoms with van der Waals surface area (Å²) in [6.07, 6.45) is 7.66. The Hall–Kier alpha value is -1.06. The number of hydrogen-bond acceptors (Lipinski definition) is 3. The lowest BCUT2D eigenvalue weighted by Crippen LogP contribution is -2.32. The first-order chi connectivity index (χ1) is 7.45. The Kier molecular flexibility index (Phi) is 2.35. The highest BCUT2D eigenvalue weighted by Crippen LogP contribution is 2.22. The van der Waals surface area contributed by atoms with Crippen molar-refractivity contribution in [1.29, 1.82) is 0 Å². The molecule has 15 heavy (non-hydrogen) atoms. The molecule has 1 aromatic heterocycles. The second kappa shape index (κ2) is 3.83. The van der Waals surface area contributed by atoms with Gasteiger partial charge in [0.15, 0.2) is 0 Å². The van der Waals surface area contributed by atoms with Gasteiger partial charge in [0.25, 0.3) is 0 Å². The van der Waals surface area contributed by atoms with Gasteiger partial charge in [-0.25, -0.2) is 0 Å². The maximum absolute atomic E-state index is 4.36. The van der Waals surface area contributed by atoms with E-state index in [-0.39, 0.29) is 0 Å². The Morgan fingerprint density at radius 3 is 2.47 bits per heavy atom. The molecule has 0 aliphatic carbocycles. The normalized spacial score (nSPS) is 21.5. The third-order valence-corrected chi connectivity index (χ3v) is 3.48. The van der Waals surface area contributed by atoms with E-state index in [0.29, 0.717) is 0 Å². The minimum atomic E-state index is 1.11. The van der Waals surface area contributed by atoms with Crippen molar-refractivity contribution in [3.05, 3.63) is 5.82 Å². The van der Waals surface area contributed by atoms with Gasteiger partial charge >= 0.3 is 0 Å². The van der Waals surface area contributed by atoms with Crippen LogP contribution in [0.4, 0.5) is 5.95 Å². The Bertz CT molecular complexity index is 338. The first-order valence-electron chi connectivity index (χ1n) is 6.12. The summed E-state index contributed by atoms with van der Waals surface area (Å²) in [4.78, 5) is 2.41. The van der Waals surface area contributed by atoms with Gasteiger partial charge in [0.2, 0.25) is 5.95 Å². The Morgan fingerprint density at radius 1 is 0.800 bits per heavy atom. The summed E-state index contributed by atoms with van der Waals surface area (Å²) in [5.41, 5.74) is 0. The molecule has 0 spiro atoms. The van der Waals surface area contributed by atoms with Gasteiger partial charge in [-0.2, -0.15) is 0 Å². The molecule has 0 atom stereocenters. The van der Waals surface area contributed by atoms with Gasteiger partial charge in [0.1, 0.15) is 5.82 Å². The van der Waals surface area contributed by atoms with Gasteiger partial charge in [-0.3, -0.25) is 4.57 Å². The number of fused-ring (bicyclic) bond motifs is 1. The van der Waals surface area contributed by atoms with E-state index in [1.165, 1.54) is 37.9 Å². The van der Waals surface area contributed by atoms with E-state index in [1.807, 2.05) is 0 Å². The number of aryl methyl sites for hydroxylation is 1. The molecule has 0 aromatic carbocycles. The van der Waals surface area contributed by atoms with Crippen molar-refractivity contribution in [3.8, 4) is 0 Å². The molecule has 0 bridgehead atoms. The summed E-state index contributed by atoms with van der Waals surface area (Å²) in [7, 11) is 0. The summed E-state index contributed by atoms with van der Waals surface area (Å²) in [6, 6.07) is 0. The molecule has 0 radical (unpaired) electrons. The van der Waals surface area contributed by atoms with Crippen LogP contribution in [0.15, 0.2) is 0 Å². The highest BCUT2D eigenvalue weighted by atomic mass is 15.4. The first-order valence-corrected chi connectivity index (χ1v) is 6.12. The van der Waals surface area contributed by atoms with Gasteiger partial charge < -0.3 is 4.90 Å². The third kappa shape index (κ3) is 1.62. The Labute approximate surface area is 90.3 Å². The van der Waals surface area contributed by atoms with E-state index < -0.39 is 0 Å². The zero-order valence-electron chi connectivity index (χ0n) is 9.15. The van der Waals surface area contributed by atoms with Crippen molar-refractivity contribution < 1.29 is 0 Å². The van der Waals surface area contributed by atoms with Crippen LogP contribution in [-0.2, 0) is 13.0 Å². The van der Waals surface area contributed by atoms with Gasteiger partial charge in [-0.05, 0) is 32.1 Å². The number of aromatic nitrogens is 3. The largest absolute Gasteiger partial charge is 0.341 e. The van der Waals surface area contributed by atoms with Crippen LogP contribution in [0.1, 0.15) is 37.9 Å². The fraction of sp³-hybridized carbons (Fsp3) is 0.818. The molecule has 1 aromatic rings. The fourth-order valence-electron chi connectivity index (χ4n) is 2.62. The number of hydrogen-bond donors (Lipinski definition) is 0. The quantitative estimate of drug-likeness (QED) is 0.700. The van der Waals surface area contributed by atoms with E-state index in [9.17, 15) is 0 Å².